The van der Waals surface area contributed by atoms with Crippen LogP contribution in [0.1, 0.15) is 18.9 Å². The van der Waals surface area contributed by atoms with Crippen molar-refractivity contribution in [2.75, 3.05) is 16.3 Å². The molecule has 2 heterocycles. The van der Waals surface area contributed by atoms with Gasteiger partial charge < -0.3 is 9.80 Å². The van der Waals surface area contributed by atoms with E-state index in [1.807, 2.05) is 35.2 Å². The molecule has 0 bridgehead atoms. The van der Waals surface area contributed by atoms with Gasteiger partial charge in [-0.05, 0) is 49.2 Å². The Morgan fingerprint density at radius 1 is 1.08 bits per heavy atom. The second-order valence-corrected chi connectivity index (χ2v) is 7.21. The van der Waals surface area contributed by atoms with Gasteiger partial charge in [-0.15, -0.1) is 0 Å². The molecule has 4 rings (SSSR count). The lowest BCUT2D eigenvalue weighted by atomic mass is 10.1. The second-order valence-electron chi connectivity index (χ2n) is 6.77. The number of benzene rings is 2. The van der Waals surface area contributed by atoms with Crippen LogP contribution in [0.4, 0.5) is 11.4 Å². The zero-order chi connectivity index (χ0) is 17.6. The molecule has 2 aromatic carbocycles. The number of para-hydroxylation sites is 1. The van der Waals surface area contributed by atoms with Crippen LogP contribution in [-0.4, -0.2) is 24.4 Å². The molecule has 0 saturated carbocycles. The number of rotatable bonds is 2. The molecule has 0 unspecified atom stereocenters. The summed E-state index contributed by atoms with van der Waals surface area (Å²) in [5, 5.41) is 0.630. The monoisotopic (exact) mass is 354 g/mol. The van der Waals surface area contributed by atoms with Gasteiger partial charge in [-0.3, -0.25) is 9.59 Å². The van der Waals surface area contributed by atoms with Crippen molar-refractivity contribution in [3.05, 3.63) is 59.1 Å². The van der Waals surface area contributed by atoms with Gasteiger partial charge in [0.05, 0.1) is 5.92 Å². The van der Waals surface area contributed by atoms with Crippen molar-refractivity contribution in [2.24, 2.45) is 5.92 Å². The van der Waals surface area contributed by atoms with Crippen LogP contribution in [0.3, 0.4) is 0 Å². The number of hydrogen-bond donors (Lipinski definition) is 0. The molecule has 0 radical (unpaired) electrons. The molecule has 2 aliphatic heterocycles. The Bertz CT molecular complexity index is 834. The Kier molecular flexibility index (Phi) is 4.00. The van der Waals surface area contributed by atoms with E-state index in [1.54, 1.807) is 17.0 Å². The highest BCUT2D eigenvalue weighted by Gasteiger charge is 2.40. The predicted molar refractivity (Wildman–Crippen MR) is 99.0 cm³/mol. The van der Waals surface area contributed by atoms with Gasteiger partial charge in [0.15, 0.2) is 0 Å². The Morgan fingerprint density at radius 3 is 2.56 bits per heavy atom. The maximum Gasteiger partial charge on any atom is 0.232 e. The molecule has 2 atom stereocenters. The predicted octanol–water partition coefficient (Wildman–Crippen LogP) is 3.67. The third-order valence-corrected chi connectivity index (χ3v) is 5.31. The average Bonchev–Trinajstić information content (AvgIpc) is 3.14. The van der Waals surface area contributed by atoms with Crippen molar-refractivity contribution in [1.82, 2.24) is 0 Å². The van der Waals surface area contributed by atoms with E-state index < -0.39 is 0 Å². The van der Waals surface area contributed by atoms with Crippen LogP contribution in [0.25, 0.3) is 0 Å². The van der Waals surface area contributed by atoms with Crippen LogP contribution in [-0.2, 0) is 16.0 Å². The average molecular weight is 355 g/mol. The van der Waals surface area contributed by atoms with E-state index in [4.69, 9.17) is 11.6 Å². The van der Waals surface area contributed by atoms with Crippen LogP contribution < -0.4 is 9.80 Å². The van der Waals surface area contributed by atoms with Gasteiger partial charge in [-0.25, -0.2) is 0 Å². The van der Waals surface area contributed by atoms with Crippen LogP contribution >= 0.6 is 11.6 Å². The zero-order valence-electron chi connectivity index (χ0n) is 14.0. The van der Waals surface area contributed by atoms with Gasteiger partial charge in [0.2, 0.25) is 11.8 Å². The third kappa shape index (κ3) is 2.81. The van der Waals surface area contributed by atoms with E-state index in [0.29, 0.717) is 11.6 Å². The molecule has 5 heteroatoms. The minimum atomic E-state index is -0.309. The molecule has 128 valence electrons. The van der Waals surface area contributed by atoms with Crippen LogP contribution in [0.5, 0.6) is 0 Å². The number of nitrogens with zero attached hydrogens (tertiary/aromatic N) is 2. The highest BCUT2D eigenvalue weighted by molar-refractivity contribution is 6.30. The van der Waals surface area contributed by atoms with Gasteiger partial charge in [0, 0.05) is 35.4 Å². The van der Waals surface area contributed by atoms with Gasteiger partial charge >= 0.3 is 0 Å². The topological polar surface area (TPSA) is 40.6 Å². The summed E-state index contributed by atoms with van der Waals surface area (Å²) in [7, 11) is 0. The molecule has 1 saturated heterocycles. The first-order valence-corrected chi connectivity index (χ1v) is 8.89. The number of carbonyl (C=O) groups excluding carboxylic acids is 2. The molecule has 4 nitrogen and oxygen atoms in total. The molecule has 25 heavy (non-hydrogen) atoms. The van der Waals surface area contributed by atoms with Crippen molar-refractivity contribution in [3.8, 4) is 0 Å². The van der Waals surface area contributed by atoms with Crippen LogP contribution in [0.2, 0.25) is 5.02 Å². The number of fused-ring (bicyclic) bond motifs is 1. The van der Waals surface area contributed by atoms with Crippen molar-refractivity contribution in [2.45, 2.75) is 25.8 Å². The van der Waals surface area contributed by atoms with Crippen LogP contribution in [0.15, 0.2) is 48.5 Å². The smallest absolute Gasteiger partial charge is 0.232 e. The Balaban J connectivity index is 1.56. The Morgan fingerprint density at radius 2 is 1.80 bits per heavy atom. The van der Waals surface area contributed by atoms with Crippen LogP contribution in [0, 0.1) is 5.92 Å². The van der Waals surface area contributed by atoms with E-state index in [9.17, 15) is 9.59 Å². The van der Waals surface area contributed by atoms with E-state index in [1.165, 1.54) is 5.56 Å². The molecule has 0 aliphatic carbocycles. The summed E-state index contributed by atoms with van der Waals surface area (Å²) >= 11 is 5.92. The van der Waals surface area contributed by atoms with Crippen molar-refractivity contribution in [1.29, 1.82) is 0 Å². The van der Waals surface area contributed by atoms with Gasteiger partial charge in [0.1, 0.15) is 0 Å². The highest BCUT2D eigenvalue weighted by Crippen LogP contribution is 2.35. The van der Waals surface area contributed by atoms with Crippen molar-refractivity contribution >= 4 is 34.8 Å². The lowest BCUT2D eigenvalue weighted by Gasteiger charge is -2.26. The normalized spacial score (nSPS) is 22.4. The fourth-order valence-electron chi connectivity index (χ4n) is 3.84. The maximum absolute atomic E-state index is 13.1. The summed E-state index contributed by atoms with van der Waals surface area (Å²) in [6.07, 6.45) is 1.12. The minimum Gasteiger partial charge on any atom is -0.312 e. The first-order valence-electron chi connectivity index (χ1n) is 8.51. The SMILES string of the molecule is C[C@@H]1Cc2ccccc2N1C(=O)[C@@H]1CC(=O)N(c2ccc(Cl)cc2)C1. The largest absolute Gasteiger partial charge is 0.312 e. The van der Waals surface area contributed by atoms with Crippen molar-refractivity contribution in [3.63, 3.8) is 0 Å². The highest BCUT2D eigenvalue weighted by atomic mass is 35.5. The fourth-order valence-corrected chi connectivity index (χ4v) is 3.97. The first-order chi connectivity index (χ1) is 12.0. The lowest BCUT2D eigenvalue weighted by molar-refractivity contribution is -0.124. The maximum atomic E-state index is 13.1. The van der Waals surface area contributed by atoms with Gasteiger partial charge in [0.25, 0.3) is 0 Å². The standard InChI is InChI=1S/C20H19ClN2O2/c1-13-10-14-4-2-3-5-18(14)23(13)20(25)15-11-19(24)22(12-15)17-8-6-16(21)7-9-17/h2-9,13,15H,10-12H2,1H3/t13-,15-/m1/s1. The number of halogens is 1. The first kappa shape index (κ1) is 16.2. The van der Waals surface area contributed by atoms with E-state index in [0.717, 1.165) is 17.8 Å². The summed E-state index contributed by atoms with van der Waals surface area (Å²) in [6, 6.07) is 15.3. The molecule has 2 aromatic rings. The molecular weight excluding hydrogens is 336 g/mol. The Labute approximate surface area is 152 Å². The summed E-state index contributed by atoms with van der Waals surface area (Å²) in [5.74, 6) is -0.278. The molecule has 0 N–H and O–H groups in total. The summed E-state index contributed by atoms with van der Waals surface area (Å²) in [5.41, 5.74) is 2.97. The summed E-state index contributed by atoms with van der Waals surface area (Å²) in [4.78, 5) is 29.1. The molecule has 0 aromatic heterocycles. The van der Waals surface area contributed by atoms with Gasteiger partial charge in [-0.2, -0.15) is 0 Å². The van der Waals surface area contributed by atoms with E-state index >= 15 is 0 Å². The summed E-state index contributed by atoms with van der Waals surface area (Å²) < 4.78 is 0. The zero-order valence-corrected chi connectivity index (χ0v) is 14.7. The van der Waals surface area contributed by atoms with Crippen molar-refractivity contribution < 1.29 is 9.59 Å². The van der Waals surface area contributed by atoms with E-state index in [2.05, 4.69) is 13.0 Å². The van der Waals surface area contributed by atoms with Gasteiger partial charge in [-0.1, -0.05) is 29.8 Å². The minimum absolute atomic E-state index is 0.0131. The number of anilines is 2. The molecule has 2 aliphatic rings. The van der Waals surface area contributed by atoms with E-state index in [-0.39, 0.29) is 30.2 Å². The third-order valence-electron chi connectivity index (χ3n) is 5.06. The molecule has 0 spiro atoms. The number of carbonyl (C=O) groups is 2. The Hall–Kier alpha value is -2.33. The second kappa shape index (κ2) is 6.19. The number of amides is 2. The fraction of sp³-hybridized carbons (Fsp3) is 0.300. The lowest BCUT2D eigenvalue weighted by Crippen LogP contribution is -2.41. The molecule has 2 amide bonds. The number of hydrogen-bond acceptors (Lipinski definition) is 2. The molecule has 1 fully saturated rings. The quantitative estimate of drug-likeness (QED) is 0.825. The molecular formula is C20H19ClN2O2. The summed E-state index contributed by atoms with van der Waals surface area (Å²) in [6.45, 7) is 2.48.